The number of nitrogens with one attached hydrogen (secondary N) is 3. The lowest BCUT2D eigenvalue weighted by atomic mass is 9.85. The second-order valence-electron chi connectivity index (χ2n) is 6.74. The number of nitrogens with zero attached hydrogens (tertiary/aromatic N) is 1. The van der Waals surface area contributed by atoms with E-state index in [4.69, 9.17) is 0 Å². The van der Waals surface area contributed by atoms with Gasteiger partial charge in [0.2, 0.25) is 5.91 Å². The van der Waals surface area contributed by atoms with Crippen LogP contribution in [0.2, 0.25) is 0 Å². The maximum atomic E-state index is 13.5. The predicted molar refractivity (Wildman–Crippen MR) is 127 cm³/mol. The average molecular weight is 522 g/mol. The monoisotopic (exact) mass is 522 g/mol. The zero-order chi connectivity index (χ0) is 19.5. The van der Waals surface area contributed by atoms with Crippen LogP contribution in [-0.4, -0.2) is 37.8 Å². The molecule has 28 heavy (non-hydrogen) atoms. The first-order valence-corrected chi connectivity index (χ1v) is 11.1. The molecule has 1 fully saturated rings. The van der Waals surface area contributed by atoms with Gasteiger partial charge in [0.15, 0.2) is 5.96 Å². The summed E-state index contributed by atoms with van der Waals surface area (Å²) in [6.07, 6.45) is 6.09. The minimum atomic E-state index is -0.208. The van der Waals surface area contributed by atoms with Crippen LogP contribution in [0.5, 0.6) is 0 Å². The van der Waals surface area contributed by atoms with Gasteiger partial charge in [-0.2, -0.15) is 11.8 Å². The van der Waals surface area contributed by atoms with Crippen LogP contribution < -0.4 is 16.0 Å². The molecule has 1 aromatic carbocycles. The molecule has 1 saturated carbocycles. The van der Waals surface area contributed by atoms with Crippen molar-refractivity contribution in [1.29, 1.82) is 0 Å². The Bertz CT molecular complexity index is 641. The van der Waals surface area contributed by atoms with Crippen molar-refractivity contribution >= 4 is 47.6 Å². The number of thioether (sulfide) groups is 1. The normalized spacial score (nSPS) is 14.0. The Labute approximate surface area is 189 Å². The fourth-order valence-electron chi connectivity index (χ4n) is 2.87. The van der Waals surface area contributed by atoms with Gasteiger partial charge in [0.1, 0.15) is 5.82 Å². The number of guanidine groups is 1. The van der Waals surface area contributed by atoms with Crippen LogP contribution in [0.3, 0.4) is 0 Å². The Kier molecular flexibility index (Phi) is 12.5. The first kappa shape index (κ1) is 25.0. The van der Waals surface area contributed by atoms with E-state index in [1.165, 1.54) is 12.5 Å². The van der Waals surface area contributed by atoms with Crippen molar-refractivity contribution < 1.29 is 9.18 Å². The third-order valence-electron chi connectivity index (χ3n) is 4.64. The van der Waals surface area contributed by atoms with Crippen molar-refractivity contribution in [2.75, 3.05) is 25.9 Å². The highest BCUT2D eigenvalue weighted by atomic mass is 127. The molecule has 0 atom stereocenters. The Morgan fingerprint density at radius 3 is 2.61 bits per heavy atom. The minimum absolute atomic E-state index is 0. The molecule has 0 bridgehead atoms. The zero-order valence-corrected chi connectivity index (χ0v) is 19.9. The molecule has 8 heteroatoms. The highest BCUT2D eigenvalue weighted by Gasteiger charge is 2.24. The van der Waals surface area contributed by atoms with Crippen LogP contribution >= 0.6 is 35.7 Å². The van der Waals surface area contributed by atoms with Crippen molar-refractivity contribution in [3.8, 4) is 0 Å². The lowest BCUT2D eigenvalue weighted by molar-refractivity contribution is -0.127. The molecule has 1 aliphatic rings. The second-order valence-corrected chi connectivity index (χ2v) is 7.61. The van der Waals surface area contributed by atoms with E-state index in [-0.39, 0.29) is 41.6 Å². The smallest absolute Gasteiger partial charge is 0.223 e. The first-order chi connectivity index (χ1) is 13.1. The van der Waals surface area contributed by atoms with E-state index in [0.29, 0.717) is 13.1 Å². The largest absolute Gasteiger partial charge is 0.357 e. The van der Waals surface area contributed by atoms with E-state index in [9.17, 15) is 9.18 Å². The molecule has 1 aromatic rings. The molecule has 0 spiro atoms. The molecule has 5 nitrogen and oxygen atoms in total. The quantitative estimate of drug-likeness (QED) is 0.190. The number of carbonyl (C=O) groups excluding carboxylic acids is 1. The highest BCUT2D eigenvalue weighted by molar-refractivity contribution is 14.0. The molecule has 3 N–H and O–H groups in total. The zero-order valence-electron chi connectivity index (χ0n) is 16.7. The van der Waals surface area contributed by atoms with Crippen molar-refractivity contribution in [3.63, 3.8) is 0 Å². The summed E-state index contributed by atoms with van der Waals surface area (Å²) >= 11 is 1.67. The molecule has 0 unspecified atom stereocenters. The molecule has 0 radical (unpaired) electrons. The summed E-state index contributed by atoms with van der Waals surface area (Å²) in [6, 6.07) is 4.89. The minimum Gasteiger partial charge on any atom is -0.357 e. The topological polar surface area (TPSA) is 65.5 Å². The third-order valence-corrected chi connectivity index (χ3v) is 5.24. The molecule has 0 heterocycles. The second kappa shape index (κ2) is 14.0. The van der Waals surface area contributed by atoms with Gasteiger partial charge in [-0.1, -0.05) is 12.5 Å². The van der Waals surface area contributed by atoms with Crippen molar-refractivity contribution in [2.45, 2.75) is 44.9 Å². The molecular formula is C20H32FIN4OS. The molecule has 1 aliphatic carbocycles. The maximum absolute atomic E-state index is 13.5. The Hall–Kier alpha value is -1.03. The van der Waals surface area contributed by atoms with E-state index in [2.05, 4.69) is 20.9 Å². The predicted octanol–water partition coefficient (Wildman–Crippen LogP) is 3.67. The molecule has 2 rings (SSSR count). The average Bonchev–Trinajstić information content (AvgIpc) is 2.59. The summed E-state index contributed by atoms with van der Waals surface area (Å²) in [5.41, 5.74) is 2.02. The number of benzene rings is 1. The standard InChI is InChI=1S/C20H31FN4OS.HI/c1-3-22-20(24-11-5-10-23-19(26)15-6-4-7-15)25-13-16-8-9-18(21)12-17(16)14-27-2;/h8-9,12,15H,3-7,10-11,13-14H2,1-2H3,(H,23,26)(H2,22,24,25);1H. The van der Waals surface area contributed by atoms with E-state index in [1.807, 2.05) is 19.2 Å². The molecule has 0 saturated heterocycles. The summed E-state index contributed by atoms with van der Waals surface area (Å²) in [5, 5.41) is 9.52. The summed E-state index contributed by atoms with van der Waals surface area (Å²) < 4.78 is 13.5. The Morgan fingerprint density at radius 2 is 1.96 bits per heavy atom. The lowest BCUT2D eigenvalue weighted by Gasteiger charge is -2.24. The summed E-state index contributed by atoms with van der Waals surface area (Å²) in [6.45, 7) is 4.71. The maximum Gasteiger partial charge on any atom is 0.223 e. The van der Waals surface area contributed by atoms with Crippen LogP contribution in [0.1, 0.15) is 43.7 Å². The van der Waals surface area contributed by atoms with Crippen molar-refractivity contribution in [2.24, 2.45) is 10.9 Å². The Balaban J connectivity index is 0.00000392. The molecule has 1 amide bonds. The summed E-state index contributed by atoms with van der Waals surface area (Å²) in [5.74, 6) is 1.73. The number of rotatable bonds is 10. The molecule has 158 valence electrons. The van der Waals surface area contributed by atoms with Crippen LogP contribution in [-0.2, 0) is 17.1 Å². The number of aliphatic imine (C=N–C) groups is 1. The van der Waals surface area contributed by atoms with Gasteiger partial charge in [-0.25, -0.2) is 9.38 Å². The van der Waals surface area contributed by atoms with Gasteiger partial charge < -0.3 is 16.0 Å². The van der Waals surface area contributed by atoms with E-state index in [0.717, 1.165) is 55.2 Å². The van der Waals surface area contributed by atoms with Gasteiger partial charge >= 0.3 is 0 Å². The van der Waals surface area contributed by atoms with Gasteiger partial charge in [-0.15, -0.1) is 24.0 Å². The van der Waals surface area contributed by atoms with Gasteiger partial charge in [0.05, 0.1) is 6.54 Å². The van der Waals surface area contributed by atoms with Gasteiger partial charge in [0, 0.05) is 31.3 Å². The van der Waals surface area contributed by atoms with Crippen molar-refractivity contribution in [1.82, 2.24) is 16.0 Å². The molecule has 0 aromatic heterocycles. The van der Waals surface area contributed by atoms with Crippen molar-refractivity contribution in [3.05, 3.63) is 35.1 Å². The fraction of sp³-hybridized carbons (Fsp3) is 0.600. The molecule has 0 aliphatic heterocycles. The SMILES string of the molecule is CCNC(=NCc1ccc(F)cc1CSC)NCCCNC(=O)C1CCC1.I. The lowest BCUT2D eigenvalue weighted by Crippen LogP contribution is -2.39. The summed E-state index contributed by atoms with van der Waals surface area (Å²) in [4.78, 5) is 16.4. The first-order valence-electron chi connectivity index (χ1n) is 9.70. The Morgan fingerprint density at radius 1 is 1.21 bits per heavy atom. The summed E-state index contributed by atoms with van der Waals surface area (Å²) in [7, 11) is 0. The number of hydrogen-bond donors (Lipinski definition) is 3. The third kappa shape index (κ3) is 8.55. The fourth-order valence-corrected chi connectivity index (χ4v) is 3.45. The van der Waals surface area contributed by atoms with Crippen LogP contribution in [0.4, 0.5) is 4.39 Å². The van der Waals surface area contributed by atoms with Gasteiger partial charge in [-0.3, -0.25) is 4.79 Å². The number of hydrogen-bond acceptors (Lipinski definition) is 3. The number of amides is 1. The number of halogens is 2. The van der Waals surface area contributed by atoms with Crippen LogP contribution in [0.15, 0.2) is 23.2 Å². The number of carbonyl (C=O) groups is 1. The van der Waals surface area contributed by atoms with E-state index < -0.39 is 0 Å². The molecular weight excluding hydrogens is 490 g/mol. The van der Waals surface area contributed by atoms with E-state index >= 15 is 0 Å². The van der Waals surface area contributed by atoms with Gasteiger partial charge in [0.25, 0.3) is 0 Å². The van der Waals surface area contributed by atoms with E-state index in [1.54, 1.807) is 17.8 Å². The highest BCUT2D eigenvalue weighted by Crippen LogP contribution is 2.26. The van der Waals surface area contributed by atoms with Gasteiger partial charge in [-0.05, 0) is 55.7 Å². The van der Waals surface area contributed by atoms with Crippen LogP contribution in [0, 0.1) is 11.7 Å². The van der Waals surface area contributed by atoms with Crippen LogP contribution in [0.25, 0.3) is 0 Å².